The van der Waals surface area contributed by atoms with Gasteiger partial charge in [-0.15, -0.1) is 11.3 Å². The molecule has 164 valence electrons. The minimum Gasteiger partial charge on any atom is -0.326 e. The molecule has 0 saturated carbocycles. The average molecular weight is 458 g/mol. The van der Waals surface area contributed by atoms with Crippen molar-refractivity contribution in [3.63, 3.8) is 0 Å². The summed E-state index contributed by atoms with van der Waals surface area (Å²) < 4.78 is 42.4. The minimum atomic E-state index is -4.72. The lowest BCUT2D eigenvalue weighted by Gasteiger charge is -2.15. The molecule has 0 unspecified atom stereocenters. The summed E-state index contributed by atoms with van der Waals surface area (Å²) in [5, 5.41) is 9.91. The van der Waals surface area contributed by atoms with E-state index in [-0.39, 0.29) is 10.6 Å². The van der Waals surface area contributed by atoms with Crippen molar-refractivity contribution in [2.75, 3.05) is 10.6 Å². The van der Waals surface area contributed by atoms with Crippen LogP contribution in [0, 0.1) is 6.92 Å². The van der Waals surface area contributed by atoms with Gasteiger partial charge in [0.15, 0.2) is 0 Å². The highest BCUT2D eigenvalue weighted by molar-refractivity contribution is 7.20. The third-order valence-electron chi connectivity index (χ3n) is 4.66. The van der Waals surface area contributed by atoms with Crippen LogP contribution in [0.15, 0.2) is 54.6 Å². The molecule has 4 aromatic rings. The Morgan fingerprint density at radius 3 is 2.41 bits per heavy atom. The highest BCUT2D eigenvalue weighted by Gasteiger charge is 2.34. The van der Waals surface area contributed by atoms with E-state index in [1.54, 1.807) is 17.7 Å². The highest BCUT2D eigenvalue weighted by atomic mass is 32.1. The Hall–Kier alpha value is -3.66. The number of rotatable bonds is 4. The van der Waals surface area contributed by atoms with Gasteiger partial charge in [0.1, 0.15) is 4.83 Å². The summed E-state index contributed by atoms with van der Waals surface area (Å²) in [5.41, 5.74) is 0.0608. The lowest BCUT2D eigenvalue weighted by Crippen LogP contribution is -2.16. The number of nitrogens with zero attached hydrogens (tertiary/aromatic N) is 2. The molecular weight excluding hydrogens is 441 g/mol. The summed E-state index contributed by atoms with van der Waals surface area (Å²) in [7, 11) is 0. The number of halogens is 3. The molecule has 0 radical (unpaired) electrons. The SMILES string of the molecule is CC(=O)Nc1ccc(NC(=O)c2cc3c(C)nn(-c4ccccc4)c3s2)c(C(F)(F)F)c1. The standard InChI is InChI=1S/C22H17F3N4O2S/c1-12-16-11-19(32-21(16)29(28-12)15-6-4-3-5-7-15)20(31)27-18-9-8-14(26-13(2)30)10-17(18)22(23,24)25/h3-11H,1-2H3,(H,26,30)(H,27,31). The molecule has 0 saturated heterocycles. The molecule has 2 aromatic heterocycles. The Morgan fingerprint density at radius 1 is 1.03 bits per heavy atom. The number of hydrogen-bond acceptors (Lipinski definition) is 4. The van der Waals surface area contributed by atoms with Gasteiger partial charge in [0.05, 0.1) is 27.5 Å². The summed E-state index contributed by atoms with van der Waals surface area (Å²) in [6, 6.07) is 14.2. The molecule has 2 N–H and O–H groups in total. The molecular formula is C22H17F3N4O2S. The first-order chi connectivity index (χ1) is 15.1. The monoisotopic (exact) mass is 458 g/mol. The molecule has 10 heteroatoms. The number of hydrogen-bond donors (Lipinski definition) is 2. The maximum Gasteiger partial charge on any atom is 0.418 e. The molecule has 0 aliphatic rings. The van der Waals surface area contributed by atoms with Crippen molar-refractivity contribution in [2.45, 2.75) is 20.0 Å². The van der Waals surface area contributed by atoms with Crippen molar-refractivity contribution in [3.05, 3.63) is 70.7 Å². The van der Waals surface area contributed by atoms with Crippen LogP contribution < -0.4 is 10.6 Å². The number of fused-ring (bicyclic) bond motifs is 1. The van der Waals surface area contributed by atoms with Gasteiger partial charge in [-0.25, -0.2) is 4.68 Å². The average Bonchev–Trinajstić information content (AvgIpc) is 3.29. The van der Waals surface area contributed by atoms with Gasteiger partial charge in [0, 0.05) is 18.0 Å². The Labute approximate surface area is 184 Å². The molecule has 0 aliphatic heterocycles. The number of para-hydroxylation sites is 1. The second kappa shape index (κ2) is 8.12. The van der Waals surface area contributed by atoms with Gasteiger partial charge in [-0.1, -0.05) is 18.2 Å². The third kappa shape index (κ3) is 4.22. The van der Waals surface area contributed by atoms with Crippen LogP contribution in [0.2, 0.25) is 0 Å². The zero-order chi connectivity index (χ0) is 23.0. The molecule has 2 aromatic carbocycles. The third-order valence-corrected chi connectivity index (χ3v) is 5.77. The number of amides is 2. The Morgan fingerprint density at radius 2 is 1.75 bits per heavy atom. The second-order valence-corrected chi connectivity index (χ2v) is 8.09. The number of thiophene rings is 1. The Balaban J connectivity index is 1.68. The summed E-state index contributed by atoms with van der Waals surface area (Å²) >= 11 is 1.14. The number of carbonyl (C=O) groups is 2. The van der Waals surface area contributed by atoms with Crippen LogP contribution in [0.25, 0.3) is 15.9 Å². The van der Waals surface area contributed by atoms with Crippen molar-refractivity contribution in [1.29, 1.82) is 0 Å². The van der Waals surface area contributed by atoms with E-state index in [2.05, 4.69) is 15.7 Å². The molecule has 2 heterocycles. The molecule has 0 aliphatic carbocycles. The molecule has 4 rings (SSSR count). The van der Waals surface area contributed by atoms with Gasteiger partial charge >= 0.3 is 6.18 Å². The number of nitrogens with one attached hydrogen (secondary N) is 2. The fourth-order valence-corrected chi connectivity index (χ4v) is 4.33. The topological polar surface area (TPSA) is 76.0 Å². The van der Waals surface area contributed by atoms with E-state index >= 15 is 0 Å². The van der Waals surface area contributed by atoms with Crippen LogP contribution >= 0.6 is 11.3 Å². The van der Waals surface area contributed by atoms with Gasteiger partial charge in [-0.05, 0) is 43.3 Å². The Bertz CT molecular complexity index is 1330. The lowest BCUT2D eigenvalue weighted by atomic mass is 10.1. The number of alkyl halides is 3. The van der Waals surface area contributed by atoms with Crippen LogP contribution in [0.1, 0.15) is 27.9 Å². The van der Waals surface area contributed by atoms with E-state index in [0.717, 1.165) is 39.4 Å². The quantitative estimate of drug-likeness (QED) is 0.417. The summed E-state index contributed by atoms with van der Waals surface area (Å²) in [6.45, 7) is 3.00. The van der Waals surface area contributed by atoms with Gasteiger partial charge in [0.25, 0.3) is 5.91 Å². The van der Waals surface area contributed by atoms with E-state index in [9.17, 15) is 22.8 Å². The smallest absolute Gasteiger partial charge is 0.326 e. The number of aryl methyl sites for hydroxylation is 1. The van der Waals surface area contributed by atoms with E-state index in [1.165, 1.54) is 13.0 Å². The number of carbonyl (C=O) groups excluding carboxylic acids is 2. The largest absolute Gasteiger partial charge is 0.418 e. The van der Waals surface area contributed by atoms with E-state index in [1.807, 2.05) is 30.3 Å². The fraction of sp³-hybridized carbons (Fsp3) is 0.136. The molecule has 0 bridgehead atoms. The fourth-order valence-electron chi connectivity index (χ4n) is 3.26. The maximum absolute atomic E-state index is 13.6. The minimum absolute atomic E-state index is 0.0109. The first kappa shape index (κ1) is 21.6. The van der Waals surface area contributed by atoms with Crippen molar-refractivity contribution in [1.82, 2.24) is 9.78 Å². The van der Waals surface area contributed by atoms with Crippen molar-refractivity contribution < 1.29 is 22.8 Å². The first-order valence-corrected chi connectivity index (χ1v) is 10.3. The van der Waals surface area contributed by atoms with Crippen LogP contribution in [-0.2, 0) is 11.0 Å². The first-order valence-electron chi connectivity index (χ1n) is 9.48. The van der Waals surface area contributed by atoms with Crippen molar-refractivity contribution in [2.24, 2.45) is 0 Å². The van der Waals surface area contributed by atoms with Crippen LogP contribution in [-0.4, -0.2) is 21.6 Å². The molecule has 0 fully saturated rings. The van der Waals surface area contributed by atoms with Crippen molar-refractivity contribution >= 4 is 44.7 Å². The molecule has 32 heavy (non-hydrogen) atoms. The van der Waals surface area contributed by atoms with Gasteiger partial charge < -0.3 is 10.6 Å². The summed E-state index contributed by atoms with van der Waals surface area (Å²) in [4.78, 5) is 25.0. The summed E-state index contributed by atoms with van der Waals surface area (Å²) in [5.74, 6) is -1.16. The summed E-state index contributed by atoms with van der Waals surface area (Å²) in [6.07, 6.45) is -4.72. The normalized spacial score (nSPS) is 11.5. The predicted octanol–water partition coefficient (Wildman–Crippen LogP) is 5.62. The van der Waals surface area contributed by atoms with E-state index in [0.29, 0.717) is 5.69 Å². The van der Waals surface area contributed by atoms with Crippen LogP contribution in [0.5, 0.6) is 0 Å². The molecule has 2 amide bonds. The number of benzene rings is 2. The van der Waals surface area contributed by atoms with E-state index in [4.69, 9.17) is 0 Å². The van der Waals surface area contributed by atoms with Gasteiger partial charge in [0.2, 0.25) is 5.91 Å². The van der Waals surface area contributed by atoms with Crippen molar-refractivity contribution in [3.8, 4) is 5.69 Å². The molecule has 6 nitrogen and oxygen atoms in total. The second-order valence-electron chi connectivity index (χ2n) is 7.06. The number of aromatic nitrogens is 2. The van der Waals surface area contributed by atoms with E-state index < -0.39 is 29.2 Å². The zero-order valence-corrected chi connectivity index (χ0v) is 17.8. The zero-order valence-electron chi connectivity index (χ0n) is 16.9. The maximum atomic E-state index is 13.6. The van der Waals surface area contributed by atoms with Gasteiger partial charge in [-0.2, -0.15) is 18.3 Å². The van der Waals surface area contributed by atoms with Crippen LogP contribution in [0.3, 0.4) is 0 Å². The van der Waals surface area contributed by atoms with Gasteiger partial charge in [-0.3, -0.25) is 9.59 Å². The van der Waals surface area contributed by atoms with Crippen LogP contribution in [0.4, 0.5) is 24.5 Å². The Kier molecular flexibility index (Phi) is 5.47. The molecule has 0 atom stereocenters. The lowest BCUT2D eigenvalue weighted by molar-refractivity contribution is -0.137. The number of anilines is 2. The predicted molar refractivity (Wildman–Crippen MR) is 117 cm³/mol. The molecule has 0 spiro atoms. The highest BCUT2D eigenvalue weighted by Crippen LogP contribution is 2.37.